The van der Waals surface area contributed by atoms with E-state index in [1.165, 1.54) is 0 Å². The second kappa shape index (κ2) is 13.2. The standard InChI is InChI=1S/C20H22ClN3O.2C2H4O2/c1-20(2,24-12-14-5-3-4-6-19(14)25)13-23-17-9-10-22-18-11-15(21)7-8-16(17)18;2*1-2(3)4/h3-11,24-25H,12-13H2,1-2H3,(H,22,23);2*1H3,(H,3,4). The number of aromatic hydroxyl groups is 1. The van der Waals surface area contributed by atoms with Crippen molar-refractivity contribution in [3.8, 4) is 5.75 Å². The molecule has 0 saturated heterocycles. The van der Waals surface area contributed by atoms with Gasteiger partial charge in [0.1, 0.15) is 5.75 Å². The molecule has 0 aliphatic rings. The number of anilines is 1. The summed E-state index contributed by atoms with van der Waals surface area (Å²) in [4.78, 5) is 22.4. The van der Waals surface area contributed by atoms with Crippen molar-refractivity contribution in [2.45, 2.75) is 39.8 Å². The van der Waals surface area contributed by atoms with Crippen molar-refractivity contribution in [2.75, 3.05) is 11.9 Å². The smallest absolute Gasteiger partial charge is 0.300 e. The molecule has 3 aromatic rings. The van der Waals surface area contributed by atoms with Gasteiger partial charge in [-0.25, -0.2) is 0 Å². The number of rotatable bonds is 6. The summed E-state index contributed by atoms with van der Waals surface area (Å²) in [5.74, 6) is -1.35. The van der Waals surface area contributed by atoms with Crippen LogP contribution >= 0.6 is 11.6 Å². The number of phenols is 1. The molecule has 5 N–H and O–H groups in total. The van der Waals surface area contributed by atoms with Gasteiger partial charge in [-0.05, 0) is 44.2 Å². The number of aromatic nitrogens is 1. The quantitative estimate of drug-likeness (QED) is 0.345. The molecular weight excluding hydrogens is 446 g/mol. The van der Waals surface area contributed by atoms with Crippen molar-refractivity contribution in [3.05, 3.63) is 65.3 Å². The monoisotopic (exact) mass is 475 g/mol. The van der Waals surface area contributed by atoms with Crippen LogP contribution in [0.3, 0.4) is 0 Å². The molecule has 0 aliphatic heterocycles. The predicted octanol–water partition coefficient (Wildman–Crippen LogP) is 4.76. The molecule has 0 fully saturated rings. The van der Waals surface area contributed by atoms with E-state index in [9.17, 15) is 5.11 Å². The van der Waals surface area contributed by atoms with Crippen LogP contribution in [0.2, 0.25) is 5.02 Å². The van der Waals surface area contributed by atoms with Gasteiger partial charge in [0.2, 0.25) is 0 Å². The summed E-state index contributed by atoms with van der Waals surface area (Å²) in [6, 6.07) is 15.1. The highest BCUT2D eigenvalue weighted by Gasteiger charge is 2.18. The number of fused-ring (bicyclic) bond motifs is 1. The number of hydrogen-bond donors (Lipinski definition) is 5. The first-order chi connectivity index (χ1) is 15.4. The highest BCUT2D eigenvalue weighted by atomic mass is 35.5. The van der Waals surface area contributed by atoms with Crippen LogP contribution in [-0.2, 0) is 16.1 Å². The average molecular weight is 476 g/mol. The average Bonchev–Trinajstić information content (AvgIpc) is 2.70. The van der Waals surface area contributed by atoms with E-state index in [1.54, 1.807) is 12.3 Å². The van der Waals surface area contributed by atoms with Crippen LogP contribution < -0.4 is 10.6 Å². The minimum absolute atomic E-state index is 0.162. The lowest BCUT2D eigenvalue weighted by atomic mass is 10.0. The molecule has 0 amide bonds. The van der Waals surface area contributed by atoms with Gasteiger partial charge < -0.3 is 26.0 Å². The molecular formula is C24H30ClN3O5. The number of pyridine rings is 1. The SMILES string of the molecule is CC(=O)O.CC(=O)O.CC(C)(CNc1ccnc2cc(Cl)ccc12)NCc1ccccc1O. The van der Waals surface area contributed by atoms with Crippen LogP contribution in [0.1, 0.15) is 33.3 Å². The van der Waals surface area contributed by atoms with Crippen molar-refractivity contribution >= 4 is 40.1 Å². The van der Waals surface area contributed by atoms with E-state index in [-0.39, 0.29) is 5.54 Å². The van der Waals surface area contributed by atoms with Crippen molar-refractivity contribution < 1.29 is 24.9 Å². The second-order valence-corrected chi connectivity index (χ2v) is 8.21. The van der Waals surface area contributed by atoms with Crippen LogP contribution in [0, 0.1) is 0 Å². The van der Waals surface area contributed by atoms with Gasteiger partial charge in [-0.2, -0.15) is 0 Å². The first-order valence-electron chi connectivity index (χ1n) is 10.1. The number of carbonyl (C=O) groups is 2. The van der Waals surface area contributed by atoms with Crippen molar-refractivity contribution in [1.29, 1.82) is 0 Å². The third-order valence-corrected chi connectivity index (χ3v) is 4.41. The fourth-order valence-electron chi connectivity index (χ4n) is 2.65. The fourth-order valence-corrected chi connectivity index (χ4v) is 2.82. The molecule has 8 nitrogen and oxygen atoms in total. The maximum atomic E-state index is 9.88. The van der Waals surface area contributed by atoms with E-state index in [0.717, 1.165) is 42.5 Å². The molecule has 1 heterocycles. The normalized spacial score (nSPS) is 10.3. The molecule has 0 atom stereocenters. The number of aliphatic carboxylic acids is 2. The topological polar surface area (TPSA) is 132 Å². The Morgan fingerprint density at radius 1 is 1.03 bits per heavy atom. The number of nitrogens with zero attached hydrogens (tertiary/aromatic N) is 1. The van der Waals surface area contributed by atoms with Crippen molar-refractivity contribution in [2.24, 2.45) is 0 Å². The number of para-hydroxylation sites is 1. The molecule has 0 saturated carbocycles. The van der Waals surface area contributed by atoms with Crippen molar-refractivity contribution in [1.82, 2.24) is 10.3 Å². The van der Waals surface area contributed by atoms with E-state index in [4.69, 9.17) is 31.4 Å². The predicted molar refractivity (Wildman–Crippen MR) is 131 cm³/mol. The molecule has 9 heteroatoms. The summed E-state index contributed by atoms with van der Waals surface area (Å²) in [5, 5.41) is 33.4. The van der Waals surface area contributed by atoms with Crippen LogP contribution in [0.5, 0.6) is 5.75 Å². The van der Waals surface area contributed by atoms with E-state index in [2.05, 4.69) is 29.5 Å². The molecule has 0 unspecified atom stereocenters. The maximum Gasteiger partial charge on any atom is 0.300 e. The number of hydrogen-bond acceptors (Lipinski definition) is 6. The minimum atomic E-state index is -0.833. The zero-order chi connectivity index (χ0) is 25.0. The third kappa shape index (κ3) is 11.2. The number of nitrogens with one attached hydrogen (secondary N) is 2. The Labute approximate surface area is 198 Å². The Balaban J connectivity index is 0.000000591. The maximum absolute atomic E-state index is 9.88. The zero-order valence-electron chi connectivity index (χ0n) is 19.1. The highest BCUT2D eigenvalue weighted by molar-refractivity contribution is 6.31. The Kier molecular flexibility index (Phi) is 11.1. The van der Waals surface area contributed by atoms with E-state index >= 15 is 0 Å². The summed E-state index contributed by atoms with van der Waals surface area (Å²) in [6.07, 6.45) is 1.78. The fraction of sp³-hybridized carbons (Fsp3) is 0.292. The highest BCUT2D eigenvalue weighted by Crippen LogP contribution is 2.25. The van der Waals surface area contributed by atoms with Gasteiger partial charge in [0.15, 0.2) is 0 Å². The summed E-state index contributed by atoms with van der Waals surface area (Å²) in [7, 11) is 0. The summed E-state index contributed by atoms with van der Waals surface area (Å²) < 4.78 is 0. The lowest BCUT2D eigenvalue weighted by molar-refractivity contribution is -0.135. The van der Waals surface area contributed by atoms with Crippen molar-refractivity contribution in [3.63, 3.8) is 0 Å². The Hall–Kier alpha value is -3.36. The zero-order valence-corrected chi connectivity index (χ0v) is 19.8. The van der Waals surface area contributed by atoms with Crippen LogP contribution in [0.15, 0.2) is 54.7 Å². The molecule has 0 aliphatic carbocycles. The van der Waals surface area contributed by atoms with Gasteiger partial charge >= 0.3 is 0 Å². The van der Waals surface area contributed by atoms with E-state index < -0.39 is 11.9 Å². The lowest BCUT2D eigenvalue weighted by Crippen LogP contribution is -2.44. The summed E-state index contributed by atoms with van der Waals surface area (Å²) in [5.41, 5.74) is 2.63. The third-order valence-electron chi connectivity index (χ3n) is 4.17. The van der Waals surface area contributed by atoms with E-state index in [1.807, 2.05) is 42.5 Å². The number of benzene rings is 2. The number of carboxylic acids is 2. The molecule has 0 bridgehead atoms. The lowest BCUT2D eigenvalue weighted by Gasteiger charge is -2.28. The van der Waals surface area contributed by atoms with Crippen LogP contribution in [0.25, 0.3) is 10.9 Å². The van der Waals surface area contributed by atoms with Gasteiger partial charge in [-0.3, -0.25) is 14.6 Å². The molecule has 3 rings (SSSR count). The van der Waals surface area contributed by atoms with Gasteiger partial charge in [0, 0.05) is 60.3 Å². The van der Waals surface area contributed by atoms with Gasteiger partial charge in [-0.1, -0.05) is 29.8 Å². The molecule has 2 aromatic carbocycles. The first kappa shape index (κ1) is 27.7. The molecule has 1 aromatic heterocycles. The second-order valence-electron chi connectivity index (χ2n) is 7.78. The van der Waals surface area contributed by atoms with E-state index in [0.29, 0.717) is 17.3 Å². The largest absolute Gasteiger partial charge is 0.508 e. The van der Waals surface area contributed by atoms with Crippen LogP contribution in [-0.4, -0.2) is 44.3 Å². The summed E-state index contributed by atoms with van der Waals surface area (Å²) >= 11 is 6.04. The molecule has 0 radical (unpaired) electrons. The molecule has 178 valence electrons. The number of phenolic OH excluding ortho intramolecular Hbond substituents is 1. The van der Waals surface area contributed by atoms with Gasteiger partial charge in [0.05, 0.1) is 5.52 Å². The number of carboxylic acid groups (broad SMARTS) is 2. The Morgan fingerprint density at radius 3 is 2.24 bits per heavy atom. The molecule has 33 heavy (non-hydrogen) atoms. The minimum Gasteiger partial charge on any atom is -0.508 e. The van der Waals surface area contributed by atoms with Gasteiger partial charge in [-0.15, -0.1) is 0 Å². The summed E-state index contributed by atoms with van der Waals surface area (Å²) in [6.45, 7) is 7.75. The number of halogens is 1. The first-order valence-corrected chi connectivity index (χ1v) is 10.5. The molecule has 0 spiro atoms. The van der Waals surface area contributed by atoms with Gasteiger partial charge in [0.25, 0.3) is 11.9 Å². The van der Waals surface area contributed by atoms with Crippen LogP contribution in [0.4, 0.5) is 5.69 Å². The Bertz CT molecular complexity index is 1050. The Morgan fingerprint density at radius 2 is 1.64 bits per heavy atom.